The maximum Gasteiger partial charge on any atom is 0.407 e. The number of rotatable bonds is 1. The Bertz CT molecular complexity index is 219. The van der Waals surface area contributed by atoms with E-state index >= 15 is 0 Å². The Hall–Kier alpha value is -0.770. The van der Waals surface area contributed by atoms with Crippen LogP contribution < -0.4 is 10.6 Å². The number of hydrogen-bond acceptors (Lipinski definition) is 3. The molecule has 1 aliphatic carbocycles. The van der Waals surface area contributed by atoms with Crippen LogP contribution in [0, 0.1) is 5.41 Å². The van der Waals surface area contributed by atoms with E-state index in [1.165, 1.54) is 32.8 Å². The first-order chi connectivity index (χ1) is 6.77. The maximum atomic E-state index is 11.1. The smallest absolute Gasteiger partial charge is 0.407 e. The predicted molar refractivity (Wildman–Crippen MR) is 53.1 cm³/mol. The first-order valence-corrected chi connectivity index (χ1v) is 5.32. The summed E-state index contributed by atoms with van der Waals surface area (Å²) in [5.41, 5.74) is 0.314. The quantitative estimate of drug-likeness (QED) is 0.657. The summed E-state index contributed by atoms with van der Waals surface area (Å²) in [6.07, 6.45) is 4.75. The Morgan fingerprint density at radius 3 is 2.86 bits per heavy atom. The van der Waals surface area contributed by atoms with E-state index in [4.69, 9.17) is 0 Å². The highest BCUT2D eigenvalue weighted by Crippen LogP contribution is 2.42. The van der Waals surface area contributed by atoms with Crippen molar-refractivity contribution in [2.75, 3.05) is 20.2 Å². The summed E-state index contributed by atoms with van der Waals surface area (Å²) in [6, 6.07) is 0.262. The number of alkyl carbamates (subject to hydrolysis) is 1. The van der Waals surface area contributed by atoms with Gasteiger partial charge >= 0.3 is 6.09 Å². The molecule has 2 N–H and O–H groups in total. The van der Waals surface area contributed by atoms with Crippen molar-refractivity contribution in [2.45, 2.75) is 31.7 Å². The molecule has 1 unspecified atom stereocenters. The summed E-state index contributed by atoms with van der Waals surface area (Å²) in [7, 11) is 1.42. The molecule has 0 aromatic carbocycles. The normalized spacial score (nSPS) is 29.4. The lowest BCUT2D eigenvalue weighted by Crippen LogP contribution is -2.45. The molecule has 1 heterocycles. The van der Waals surface area contributed by atoms with Crippen molar-refractivity contribution in [3.8, 4) is 0 Å². The standard InChI is InChI=1S/C10H18N2O2/c1-14-9(13)12-8-6-11-7-10(8)4-2-3-5-10/h8,11H,2-7H2,1H3,(H,12,13). The zero-order chi connectivity index (χ0) is 10.0. The molecule has 80 valence electrons. The molecule has 2 fully saturated rings. The van der Waals surface area contributed by atoms with E-state index in [1.807, 2.05) is 0 Å². The van der Waals surface area contributed by atoms with Gasteiger partial charge < -0.3 is 15.4 Å². The van der Waals surface area contributed by atoms with Crippen molar-refractivity contribution in [3.63, 3.8) is 0 Å². The molecule has 14 heavy (non-hydrogen) atoms. The zero-order valence-corrected chi connectivity index (χ0v) is 8.64. The van der Waals surface area contributed by atoms with Gasteiger partial charge in [-0.1, -0.05) is 12.8 Å². The molecule has 0 aromatic heterocycles. The fourth-order valence-electron chi connectivity index (χ4n) is 2.81. The number of hydrogen-bond donors (Lipinski definition) is 2. The summed E-state index contributed by atoms with van der Waals surface area (Å²) >= 11 is 0. The van der Waals surface area contributed by atoms with Crippen molar-refractivity contribution < 1.29 is 9.53 Å². The van der Waals surface area contributed by atoms with E-state index in [2.05, 4.69) is 15.4 Å². The van der Waals surface area contributed by atoms with Crippen LogP contribution in [-0.2, 0) is 4.74 Å². The summed E-state index contributed by atoms with van der Waals surface area (Å²) in [5, 5.41) is 6.30. The average Bonchev–Trinajstić information content (AvgIpc) is 2.79. The van der Waals surface area contributed by atoms with Crippen LogP contribution in [0.4, 0.5) is 4.79 Å². The summed E-state index contributed by atoms with van der Waals surface area (Å²) in [4.78, 5) is 11.1. The first-order valence-electron chi connectivity index (χ1n) is 5.32. The van der Waals surface area contributed by atoms with Gasteiger partial charge in [0.05, 0.1) is 13.2 Å². The van der Waals surface area contributed by atoms with Crippen LogP contribution in [-0.4, -0.2) is 32.3 Å². The first kappa shape index (κ1) is 9.77. The van der Waals surface area contributed by atoms with Gasteiger partial charge in [0.1, 0.15) is 0 Å². The second-order valence-corrected chi connectivity index (χ2v) is 4.39. The van der Waals surface area contributed by atoms with Crippen molar-refractivity contribution in [2.24, 2.45) is 5.41 Å². The summed E-state index contributed by atoms with van der Waals surface area (Å²) < 4.78 is 4.64. The number of nitrogens with one attached hydrogen (secondary N) is 2. The van der Waals surface area contributed by atoms with E-state index in [0.717, 1.165) is 13.1 Å². The number of amides is 1. The van der Waals surface area contributed by atoms with Crippen molar-refractivity contribution >= 4 is 6.09 Å². The van der Waals surface area contributed by atoms with E-state index in [-0.39, 0.29) is 12.1 Å². The number of methoxy groups -OCH3 is 1. The second kappa shape index (κ2) is 3.77. The van der Waals surface area contributed by atoms with Gasteiger partial charge in [0.2, 0.25) is 0 Å². The van der Waals surface area contributed by atoms with E-state index in [9.17, 15) is 4.79 Å². The lowest BCUT2D eigenvalue weighted by molar-refractivity contribution is 0.155. The fourth-order valence-corrected chi connectivity index (χ4v) is 2.81. The van der Waals surface area contributed by atoms with E-state index in [0.29, 0.717) is 5.41 Å². The van der Waals surface area contributed by atoms with Gasteiger partial charge in [-0.15, -0.1) is 0 Å². The monoisotopic (exact) mass is 198 g/mol. The Morgan fingerprint density at radius 1 is 1.50 bits per heavy atom. The molecule has 1 spiro atoms. The Labute approximate surface area is 84.4 Å². The minimum absolute atomic E-state index is 0.262. The van der Waals surface area contributed by atoms with Crippen LogP contribution in [0.5, 0.6) is 0 Å². The minimum atomic E-state index is -0.301. The van der Waals surface area contributed by atoms with Crippen LogP contribution >= 0.6 is 0 Å². The molecule has 0 bridgehead atoms. The SMILES string of the molecule is COC(=O)NC1CNCC12CCCC2. The van der Waals surface area contributed by atoms with Gasteiger partial charge in [-0.3, -0.25) is 0 Å². The lowest BCUT2D eigenvalue weighted by Gasteiger charge is -2.29. The van der Waals surface area contributed by atoms with Crippen molar-refractivity contribution in [1.29, 1.82) is 0 Å². The molecular formula is C10H18N2O2. The van der Waals surface area contributed by atoms with E-state index in [1.54, 1.807) is 0 Å². The minimum Gasteiger partial charge on any atom is -0.453 e. The molecule has 2 rings (SSSR count). The molecule has 1 aliphatic heterocycles. The largest absolute Gasteiger partial charge is 0.453 e. The highest BCUT2D eigenvalue weighted by molar-refractivity contribution is 5.67. The molecule has 2 aliphatic rings. The highest BCUT2D eigenvalue weighted by Gasteiger charge is 2.45. The zero-order valence-electron chi connectivity index (χ0n) is 8.64. The Morgan fingerprint density at radius 2 is 2.21 bits per heavy atom. The molecule has 1 amide bonds. The highest BCUT2D eigenvalue weighted by atomic mass is 16.5. The van der Waals surface area contributed by atoms with Gasteiger partial charge in [-0.05, 0) is 12.8 Å². The van der Waals surface area contributed by atoms with Crippen LogP contribution in [0.25, 0.3) is 0 Å². The van der Waals surface area contributed by atoms with Gasteiger partial charge in [-0.2, -0.15) is 0 Å². The molecule has 0 aromatic rings. The summed E-state index contributed by atoms with van der Waals surface area (Å²) in [5.74, 6) is 0. The second-order valence-electron chi connectivity index (χ2n) is 4.39. The Balaban J connectivity index is 1.99. The van der Waals surface area contributed by atoms with Gasteiger partial charge in [0.25, 0.3) is 0 Å². The third-order valence-corrected chi connectivity index (χ3v) is 3.64. The van der Waals surface area contributed by atoms with Gasteiger partial charge in [-0.25, -0.2) is 4.79 Å². The predicted octanol–water partition coefficient (Wildman–Crippen LogP) is 0.875. The molecule has 4 heteroatoms. The number of carbonyl (C=O) groups excluding carboxylic acids is 1. The third kappa shape index (κ3) is 1.59. The third-order valence-electron chi connectivity index (χ3n) is 3.64. The van der Waals surface area contributed by atoms with Crippen LogP contribution in [0.1, 0.15) is 25.7 Å². The lowest BCUT2D eigenvalue weighted by atomic mass is 9.81. The average molecular weight is 198 g/mol. The van der Waals surface area contributed by atoms with Crippen LogP contribution in [0.2, 0.25) is 0 Å². The molecule has 4 nitrogen and oxygen atoms in total. The van der Waals surface area contributed by atoms with Crippen LogP contribution in [0.15, 0.2) is 0 Å². The van der Waals surface area contributed by atoms with Crippen LogP contribution in [0.3, 0.4) is 0 Å². The molecule has 0 radical (unpaired) electrons. The van der Waals surface area contributed by atoms with Crippen molar-refractivity contribution in [3.05, 3.63) is 0 Å². The molecular weight excluding hydrogens is 180 g/mol. The van der Waals surface area contributed by atoms with E-state index < -0.39 is 0 Å². The molecule has 1 saturated carbocycles. The summed E-state index contributed by atoms with van der Waals surface area (Å²) in [6.45, 7) is 1.93. The van der Waals surface area contributed by atoms with Gasteiger partial charge in [0.15, 0.2) is 0 Å². The van der Waals surface area contributed by atoms with Crippen molar-refractivity contribution in [1.82, 2.24) is 10.6 Å². The molecule has 1 atom stereocenters. The fraction of sp³-hybridized carbons (Fsp3) is 0.900. The topological polar surface area (TPSA) is 50.4 Å². The Kier molecular flexibility index (Phi) is 2.63. The maximum absolute atomic E-state index is 11.1. The molecule has 1 saturated heterocycles. The number of ether oxygens (including phenoxy) is 1. The van der Waals surface area contributed by atoms with Gasteiger partial charge in [0, 0.05) is 18.5 Å². The number of carbonyl (C=O) groups is 1.